The van der Waals surface area contributed by atoms with Gasteiger partial charge in [0.05, 0.1) is 38.8 Å². The Morgan fingerprint density at radius 1 is 1.15 bits per heavy atom. The maximum atomic E-state index is 9.54. The van der Waals surface area contributed by atoms with Crippen LogP contribution in [-0.4, -0.2) is 46.6 Å². The quantitative estimate of drug-likeness (QED) is 0.677. The highest BCUT2D eigenvalue weighted by molar-refractivity contribution is 5.71. The SMILES string of the molecule is COc1ccc(-c2cnc3ccc(N[C@H](CO)C(C)C)nn23)c(OC)c1. The zero-order chi connectivity index (χ0) is 18.7. The highest BCUT2D eigenvalue weighted by Gasteiger charge is 2.16. The van der Waals surface area contributed by atoms with Gasteiger partial charge in [0, 0.05) is 11.6 Å². The van der Waals surface area contributed by atoms with Gasteiger partial charge in [0.1, 0.15) is 17.3 Å². The van der Waals surface area contributed by atoms with E-state index in [1.807, 2.05) is 30.3 Å². The third-order valence-electron chi connectivity index (χ3n) is 4.38. The molecule has 0 unspecified atom stereocenters. The molecule has 7 nitrogen and oxygen atoms in total. The molecule has 0 bridgehead atoms. The lowest BCUT2D eigenvalue weighted by atomic mass is 10.1. The third kappa shape index (κ3) is 3.43. The van der Waals surface area contributed by atoms with E-state index in [0.29, 0.717) is 11.6 Å². The molecule has 0 spiro atoms. The lowest BCUT2D eigenvalue weighted by Gasteiger charge is -2.20. The standard InChI is InChI=1S/C19H24N4O3/c1-12(2)15(11-24)21-18-7-8-19-20-10-16(23(19)22-18)14-6-5-13(25-3)9-17(14)26-4/h5-10,12,15,24H,11H2,1-4H3,(H,21,22)/t15-/m1/s1. The highest BCUT2D eigenvalue weighted by atomic mass is 16.5. The Labute approximate surface area is 152 Å². The minimum atomic E-state index is -0.0672. The van der Waals surface area contributed by atoms with E-state index in [1.54, 1.807) is 24.9 Å². The molecule has 7 heteroatoms. The first-order valence-corrected chi connectivity index (χ1v) is 8.52. The lowest BCUT2D eigenvalue weighted by molar-refractivity contribution is 0.249. The summed E-state index contributed by atoms with van der Waals surface area (Å²) in [6, 6.07) is 9.32. The number of anilines is 1. The van der Waals surface area contributed by atoms with Gasteiger partial charge in [-0.3, -0.25) is 0 Å². The average Bonchev–Trinajstić information content (AvgIpc) is 3.08. The molecule has 0 saturated carbocycles. The average molecular weight is 356 g/mol. The van der Waals surface area contributed by atoms with E-state index in [4.69, 9.17) is 9.47 Å². The Hall–Kier alpha value is -2.80. The molecule has 2 heterocycles. The summed E-state index contributed by atoms with van der Waals surface area (Å²) >= 11 is 0. The van der Waals surface area contributed by atoms with Crippen LogP contribution < -0.4 is 14.8 Å². The molecule has 3 aromatic rings. The fourth-order valence-corrected chi connectivity index (χ4v) is 2.76. The summed E-state index contributed by atoms with van der Waals surface area (Å²) in [7, 11) is 3.24. The number of fused-ring (bicyclic) bond motifs is 1. The second-order valence-electron chi connectivity index (χ2n) is 6.38. The van der Waals surface area contributed by atoms with Crippen molar-refractivity contribution in [2.75, 3.05) is 26.1 Å². The molecule has 0 amide bonds. The first-order chi connectivity index (χ1) is 12.6. The van der Waals surface area contributed by atoms with E-state index < -0.39 is 0 Å². The van der Waals surface area contributed by atoms with Crippen molar-refractivity contribution in [1.29, 1.82) is 0 Å². The van der Waals surface area contributed by atoms with Crippen LogP contribution in [0.15, 0.2) is 36.5 Å². The summed E-state index contributed by atoms with van der Waals surface area (Å²) in [5.74, 6) is 2.36. The van der Waals surface area contributed by atoms with Crippen LogP contribution in [0, 0.1) is 5.92 Å². The van der Waals surface area contributed by atoms with Crippen LogP contribution >= 0.6 is 0 Å². The van der Waals surface area contributed by atoms with Gasteiger partial charge in [-0.2, -0.15) is 0 Å². The van der Waals surface area contributed by atoms with Gasteiger partial charge in [-0.25, -0.2) is 9.50 Å². The maximum absolute atomic E-state index is 9.54. The summed E-state index contributed by atoms with van der Waals surface area (Å²) in [6.07, 6.45) is 1.77. The predicted molar refractivity (Wildman–Crippen MR) is 101 cm³/mol. The van der Waals surface area contributed by atoms with Crippen molar-refractivity contribution in [2.24, 2.45) is 5.92 Å². The summed E-state index contributed by atoms with van der Waals surface area (Å²) in [4.78, 5) is 4.43. The first-order valence-electron chi connectivity index (χ1n) is 8.52. The molecule has 0 aliphatic carbocycles. The van der Waals surface area contributed by atoms with E-state index in [0.717, 1.165) is 22.7 Å². The predicted octanol–water partition coefficient (Wildman–Crippen LogP) is 2.84. The van der Waals surface area contributed by atoms with Crippen LogP contribution in [0.25, 0.3) is 16.9 Å². The molecule has 26 heavy (non-hydrogen) atoms. The Balaban J connectivity index is 2.04. The van der Waals surface area contributed by atoms with Gasteiger partial charge < -0.3 is 19.9 Å². The number of methoxy groups -OCH3 is 2. The first kappa shape index (κ1) is 18.0. The Kier molecular flexibility index (Phi) is 5.27. The third-order valence-corrected chi connectivity index (χ3v) is 4.38. The number of benzene rings is 1. The van der Waals surface area contributed by atoms with E-state index in [2.05, 4.69) is 29.2 Å². The monoisotopic (exact) mass is 356 g/mol. The molecule has 0 saturated heterocycles. The van der Waals surface area contributed by atoms with E-state index in [1.165, 1.54) is 0 Å². The Bertz CT molecular complexity index is 892. The highest BCUT2D eigenvalue weighted by Crippen LogP contribution is 2.33. The number of hydrogen-bond donors (Lipinski definition) is 2. The second kappa shape index (κ2) is 7.61. The van der Waals surface area contributed by atoms with Crippen LogP contribution in [0.2, 0.25) is 0 Å². The van der Waals surface area contributed by atoms with Gasteiger partial charge >= 0.3 is 0 Å². The van der Waals surface area contributed by atoms with E-state index >= 15 is 0 Å². The minimum Gasteiger partial charge on any atom is -0.497 e. The number of rotatable bonds is 7. The number of ether oxygens (including phenoxy) is 2. The van der Waals surface area contributed by atoms with Gasteiger partial charge in [0.2, 0.25) is 0 Å². The van der Waals surface area contributed by atoms with E-state index in [-0.39, 0.29) is 18.6 Å². The smallest absolute Gasteiger partial charge is 0.154 e. The zero-order valence-electron chi connectivity index (χ0n) is 15.4. The second-order valence-corrected chi connectivity index (χ2v) is 6.38. The van der Waals surface area contributed by atoms with Gasteiger partial charge in [-0.05, 0) is 30.2 Å². The number of imidazole rings is 1. The van der Waals surface area contributed by atoms with Crippen molar-refractivity contribution < 1.29 is 14.6 Å². The molecular formula is C19H24N4O3. The number of nitrogens with zero attached hydrogens (tertiary/aromatic N) is 3. The molecular weight excluding hydrogens is 332 g/mol. The molecule has 0 radical (unpaired) electrons. The van der Waals surface area contributed by atoms with Crippen molar-refractivity contribution in [1.82, 2.24) is 14.6 Å². The Morgan fingerprint density at radius 2 is 1.96 bits per heavy atom. The largest absolute Gasteiger partial charge is 0.497 e. The van der Waals surface area contributed by atoms with Crippen LogP contribution in [0.4, 0.5) is 5.82 Å². The summed E-state index contributed by atoms with van der Waals surface area (Å²) < 4.78 is 12.5. The van der Waals surface area contributed by atoms with Gasteiger partial charge in [-0.15, -0.1) is 5.10 Å². The number of aliphatic hydroxyl groups is 1. The van der Waals surface area contributed by atoms with Crippen LogP contribution in [0.1, 0.15) is 13.8 Å². The van der Waals surface area contributed by atoms with Gasteiger partial charge in [0.15, 0.2) is 5.65 Å². The van der Waals surface area contributed by atoms with Crippen molar-refractivity contribution in [3.63, 3.8) is 0 Å². The molecule has 2 N–H and O–H groups in total. The number of aliphatic hydroxyl groups excluding tert-OH is 1. The fraction of sp³-hybridized carbons (Fsp3) is 0.368. The fourth-order valence-electron chi connectivity index (χ4n) is 2.76. The summed E-state index contributed by atoms with van der Waals surface area (Å²) in [5, 5.41) is 17.5. The molecule has 1 atom stereocenters. The minimum absolute atomic E-state index is 0.0421. The summed E-state index contributed by atoms with van der Waals surface area (Å²) in [6.45, 7) is 4.15. The van der Waals surface area contributed by atoms with Crippen molar-refractivity contribution in [2.45, 2.75) is 19.9 Å². The van der Waals surface area contributed by atoms with Crippen LogP contribution in [0.3, 0.4) is 0 Å². The zero-order valence-corrected chi connectivity index (χ0v) is 15.4. The van der Waals surface area contributed by atoms with Crippen LogP contribution in [0.5, 0.6) is 11.5 Å². The molecule has 1 aromatic carbocycles. The normalized spacial score (nSPS) is 12.4. The van der Waals surface area contributed by atoms with Crippen molar-refractivity contribution in [3.8, 4) is 22.8 Å². The molecule has 0 aliphatic heterocycles. The number of aromatic nitrogens is 3. The molecule has 2 aromatic heterocycles. The van der Waals surface area contributed by atoms with Crippen molar-refractivity contribution >= 4 is 11.5 Å². The van der Waals surface area contributed by atoms with E-state index in [9.17, 15) is 5.11 Å². The van der Waals surface area contributed by atoms with Crippen LogP contribution in [-0.2, 0) is 0 Å². The topological polar surface area (TPSA) is 80.9 Å². The Morgan fingerprint density at radius 3 is 2.62 bits per heavy atom. The van der Waals surface area contributed by atoms with Crippen molar-refractivity contribution in [3.05, 3.63) is 36.5 Å². The summed E-state index contributed by atoms with van der Waals surface area (Å²) in [5.41, 5.74) is 2.41. The maximum Gasteiger partial charge on any atom is 0.154 e. The van der Waals surface area contributed by atoms with Gasteiger partial charge in [-0.1, -0.05) is 13.8 Å². The molecule has 0 aliphatic rings. The number of nitrogens with one attached hydrogen (secondary N) is 1. The number of hydrogen-bond acceptors (Lipinski definition) is 6. The lowest BCUT2D eigenvalue weighted by Crippen LogP contribution is -2.30. The molecule has 3 rings (SSSR count). The van der Waals surface area contributed by atoms with Gasteiger partial charge in [0.25, 0.3) is 0 Å². The molecule has 138 valence electrons. The molecule has 0 fully saturated rings.